The lowest BCUT2D eigenvalue weighted by molar-refractivity contribution is -0.125. The number of nitrogens with zero attached hydrogens (tertiary/aromatic N) is 3. The summed E-state index contributed by atoms with van der Waals surface area (Å²) in [6.07, 6.45) is 6.79. The van der Waals surface area contributed by atoms with Gasteiger partial charge in [0.15, 0.2) is 0 Å². The Morgan fingerprint density at radius 2 is 1.87 bits per heavy atom. The van der Waals surface area contributed by atoms with Crippen LogP contribution in [-0.4, -0.2) is 41.8 Å². The molecule has 1 aliphatic rings. The Kier molecular flexibility index (Phi) is 6.49. The van der Waals surface area contributed by atoms with Crippen LogP contribution in [0.2, 0.25) is 0 Å². The minimum Gasteiger partial charge on any atom is -0.371 e. The number of thiazole rings is 1. The molecule has 2 aromatic heterocycles. The largest absolute Gasteiger partial charge is 0.371 e. The minimum absolute atomic E-state index is 0.0540. The number of pyridine rings is 1. The highest BCUT2D eigenvalue weighted by atomic mass is 32.1. The minimum atomic E-state index is 0.0540. The molecular formula is C23H24N4O2S. The second-order valence-corrected chi connectivity index (χ2v) is 8.25. The third-order valence-corrected chi connectivity index (χ3v) is 6.36. The van der Waals surface area contributed by atoms with Gasteiger partial charge in [-0.3, -0.25) is 14.6 Å². The first-order chi connectivity index (χ1) is 14.7. The quantitative estimate of drug-likeness (QED) is 0.591. The van der Waals surface area contributed by atoms with Crippen LogP contribution in [0.5, 0.6) is 0 Å². The van der Waals surface area contributed by atoms with Crippen LogP contribution in [-0.2, 0) is 11.2 Å². The summed E-state index contributed by atoms with van der Waals surface area (Å²) in [5, 5.41) is 6.11. The van der Waals surface area contributed by atoms with Crippen molar-refractivity contribution < 1.29 is 9.59 Å². The summed E-state index contributed by atoms with van der Waals surface area (Å²) >= 11 is 1.61. The molecule has 6 nitrogen and oxygen atoms in total. The van der Waals surface area contributed by atoms with Gasteiger partial charge in [-0.15, -0.1) is 11.3 Å². The lowest BCUT2D eigenvalue weighted by Crippen LogP contribution is -2.41. The predicted molar refractivity (Wildman–Crippen MR) is 119 cm³/mol. The van der Waals surface area contributed by atoms with Crippen molar-refractivity contribution in [3.63, 3.8) is 0 Å². The first kappa shape index (κ1) is 20.2. The summed E-state index contributed by atoms with van der Waals surface area (Å²) in [5.74, 6) is 0.189. The van der Waals surface area contributed by atoms with Gasteiger partial charge in [0.25, 0.3) is 0 Å². The molecule has 7 heteroatoms. The van der Waals surface area contributed by atoms with Crippen molar-refractivity contribution in [2.45, 2.75) is 19.3 Å². The van der Waals surface area contributed by atoms with E-state index in [4.69, 9.17) is 0 Å². The third-order valence-electron chi connectivity index (χ3n) is 5.42. The summed E-state index contributed by atoms with van der Waals surface area (Å²) in [5.41, 5.74) is 3.85. The molecule has 0 aliphatic carbocycles. The molecule has 1 aromatic carbocycles. The van der Waals surface area contributed by atoms with Crippen molar-refractivity contribution in [2.75, 3.05) is 24.5 Å². The van der Waals surface area contributed by atoms with Gasteiger partial charge in [0.2, 0.25) is 5.91 Å². The Bertz CT molecular complexity index is 980. The molecule has 0 unspecified atom stereocenters. The van der Waals surface area contributed by atoms with Gasteiger partial charge in [-0.2, -0.15) is 0 Å². The van der Waals surface area contributed by atoms with E-state index in [1.165, 1.54) is 0 Å². The van der Waals surface area contributed by atoms with Gasteiger partial charge in [-0.25, -0.2) is 4.98 Å². The number of aromatic nitrogens is 2. The number of anilines is 1. The van der Waals surface area contributed by atoms with Gasteiger partial charge in [0, 0.05) is 66.6 Å². The highest BCUT2D eigenvalue weighted by Crippen LogP contribution is 2.24. The Labute approximate surface area is 180 Å². The summed E-state index contributed by atoms with van der Waals surface area (Å²) in [6.45, 7) is 2.30. The van der Waals surface area contributed by atoms with Crippen LogP contribution in [0.15, 0.2) is 54.2 Å². The normalized spacial score (nSPS) is 14.5. The highest BCUT2D eigenvalue weighted by molar-refractivity contribution is 7.13. The molecule has 0 atom stereocenters. The van der Waals surface area contributed by atoms with Crippen molar-refractivity contribution in [1.29, 1.82) is 0 Å². The molecule has 0 radical (unpaired) electrons. The molecule has 0 bridgehead atoms. The average Bonchev–Trinajstić information content (AvgIpc) is 3.29. The maximum Gasteiger partial charge on any atom is 0.223 e. The molecule has 1 aliphatic heterocycles. The number of piperidine rings is 1. The first-order valence-corrected chi connectivity index (χ1v) is 11.0. The highest BCUT2D eigenvalue weighted by Gasteiger charge is 2.24. The Morgan fingerprint density at radius 3 is 2.57 bits per heavy atom. The molecule has 3 heterocycles. The molecule has 4 rings (SSSR count). The van der Waals surface area contributed by atoms with Gasteiger partial charge < -0.3 is 10.2 Å². The fourth-order valence-electron chi connectivity index (χ4n) is 3.67. The first-order valence-electron chi connectivity index (χ1n) is 10.2. The molecule has 154 valence electrons. The van der Waals surface area contributed by atoms with Crippen molar-refractivity contribution >= 4 is 29.2 Å². The topological polar surface area (TPSA) is 75.2 Å². The monoisotopic (exact) mass is 420 g/mol. The maximum atomic E-state index is 12.5. The standard InChI is InChI=1S/C23H24N4O2S/c28-15-17-1-3-21(4-2-17)27-13-8-18(9-14-27)22(29)25-12-7-20-16-30-23(26-20)19-5-10-24-11-6-19/h1-6,10-11,15-16,18H,7-9,12-14H2,(H,25,29). The number of hydrogen-bond acceptors (Lipinski definition) is 6. The Morgan fingerprint density at radius 1 is 1.13 bits per heavy atom. The van der Waals surface area contributed by atoms with E-state index in [0.717, 1.165) is 60.6 Å². The lowest BCUT2D eigenvalue weighted by Gasteiger charge is -2.33. The van der Waals surface area contributed by atoms with Gasteiger partial charge >= 0.3 is 0 Å². The van der Waals surface area contributed by atoms with E-state index in [0.29, 0.717) is 12.1 Å². The SMILES string of the molecule is O=Cc1ccc(N2CCC(C(=O)NCCc3csc(-c4ccncc4)n3)CC2)cc1. The average molecular weight is 421 g/mol. The summed E-state index contributed by atoms with van der Waals surface area (Å²) < 4.78 is 0. The maximum absolute atomic E-state index is 12.5. The zero-order valence-corrected chi connectivity index (χ0v) is 17.5. The summed E-state index contributed by atoms with van der Waals surface area (Å²) in [6, 6.07) is 11.5. The molecule has 30 heavy (non-hydrogen) atoms. The molecule has 0 spiro atoms. The van der Waals surface area contributed by atoms with Crippen LogP contribution in [0.1, 0.15) is 28.9 Å². The molecular weight excluding hydrogens is 396 g/mol. The van der Waals surface area contributed by atoms with E-state index in [1.807, 2.05) is 36.4 Å². The van der Waals surface area contributed by atoms with Gasteiger partial charge in [0.1, 0.15) is 11.3 Å². The number of hydrogen-bond donors (Lipinski definition) is 1. The number of amides is 1. The van der Waals surface area contributed by atoms with E-state index >= 15 is 0 Å². The number of aldehydes is 1. The number of benzene rings is 1. The zero-order chi connectivity index (χ0) is 20.8. The number of rotatable bonds is 7. The van der Waals surface area contributed by atoms with Gasteiger partial charge in [-0.05, 0) is 49.2 Å². The van der Waals surface area contributed by atoms with Crippen LogP contribution in [0.25, 0.3) is 10.6 Å². The Hall–Kier alpha value is -3.06. The fraction of sp³-hybridized carbons (Fsp3) is 0.304. The van der Waals surface area contributed by atoms with Crippen molar-refractivity contribution in [3.05, 3.63) is 65.4 Å². The second kappa shape index (κ2) is 9.63. The van der Waals surface area contributed by atoms with E-state index in [-0.39, 0.29) is 11.8 Å². The van der Waals surface area contributed by atoms with Gasteiger partial charge in [0.05, 0.1) is 5.69 Å². The molecule has 0 saturated carbocycles. The van der Waals surface area contributed by atoms with Gasteiger partial charge in [-0.1, -0.05) is 0 Å². The van der Waals surface area contributed by atoms with Crippen LogP contribution in [0.3, 0.4) is 0 Å². The Balaban J connectivity index is 1.21. The van der Waals surface area contributed by atoms with Crippen molar-refractivity contribution in [1.82, 2.24) is 15.3 Å². The van der Waals surface area contributed by atoms with Crippen molar-refractivity contribution in [3.8, 4) is 10.6 Å². The van der Waals surface area contributed by atoms with E-state index in [2.05, 4.69) is 25.6 Å². The second-order valence-electron chi connectivity index (χ2n) is 7.39. The molecule has 1 fully saturated rings. The lowest BCUT2D eigenvalue weighted by atomic mass is 9.95. The van der Waals surface area contributed by atoms with Crippen LogP contribution < -0.4 is 10.2 Å². The molecule has 3 aromatic rings. The molecule has 1 saturated heterocycles. The fourth-order valence-corrected chi connectivity index (χ4v) is 4.53. The third kappa shape index (κ3) is 4.91. The van der Waals surface area contributed by atoms with E-state index in [1.54, 1.807) is 23.7 Å². The number of nitrogens with one attached hydrogen (secondary N) is 1. The molecule has 1 N–H and O–H groups in total. The zero-order valence-electron chi connectivity index (χ0n) is 16.7. The van der Waals surface area contributed by atoms with Crippen LogP contribution in [0, 0.1) is 5.92 Å². The predicted octanol–water partition coefficient (Wildman–Crippen LogP) is 3.59. The summed E-state index contributed by atoms with van der Waals surface area (Å²) in [4.78, 5) is 34.3. The van der Waals surface area contributed by atoms with Crippen molar-refractivity contribution in [2.24, 2.45) is 5.92 Å². The molecule has 1 amide bonds. The van der Waals surface area contributed by atoms with E-state index in [9.17, 15) is 9.59 Å². The van der Waals surface area contributed by atoms with Crippen LogP contribution in [0.4, 0.5) is 5.69 Å². The summed E-state index contributed by atoms with van der Waals surface area (Å²) in [7, 11) is 0. The number of carbonyl (C=O) groups excluding carboxylic acids is 2. The smallest absolute Gasteiger partial charge is 0.223 e. The number of carbonyl (C=O) groups is 2. The van der Waals surface area contributed by atoms with Crippen LogP contribution >= 0.6 is 11.3 Å². The van der Waals surface area contributed by atoms with E-state index < -0.39 is 0 Å².